The Balaban J connectivity index is 4.48. The molecule has 0 spiro atoms. The lowest BCUT2D eigenvalue weighted by Crippen LogP contribution is -2.45. The number of hydrogen-bond donors (Lipinski definition) is 3. The minimum Gasteiger partial charge on any atom is -0.387 e. The number of phosphoric acid groups is 1. The van der Waals surface area contributed by atoms with E-state index in [-0.39, 0.29) is 19.1 Å². The van der Waals surface area contributed by atoms with E-state index >= 15 is 0 Å². The minimum atomic E-state index is -4.34. The first kappa shape index (κ1) is 51.7. The molecule has 0 rings (SSSR count). The number of amides is 1. The van der Waals surface area contributed by atoms with Crippen LogP contribution in [-0.2, 0) is 18.4 Å². The SMILES string of the molecule is CCCCCCCC/C=C/CCCCCCCCCC(=O)N[C@@H](COP(=O)(O)OCC[N+](C)(C)C)[C@H](O)/C=C/CC/C=C/CCCCCCCCCC. The number of rotatable bonds is 39. The fourth-order valence-corrected chi connectivity index (χ4v) is 6.79. The number of hydrogen-bond acceptors (Lipinski definition) is 5. The molecule has 1 unspecified atom stereocenters. The first-order valence-corrected chi connectivity index (χ1v) is 23.4. The number of carbonyl (C=O) groups excluding carboxylic acids is 1. The largest absolute Gasteiger partial charge is 0.472 e. The molecule has 8 nitrogen and oxygen atoms in total. The van der Waals surface area contributed by atoms with E-state index in [1.54, 1.807) is 6.08 Å². The maximum absolute atomic E-state index is 12.8. The summed E-state index contributed by atoms with van der Waals surface area (Å²) in [5, 5.41) is 13.8. The highest BCUT2D eigenvalue weighted by Crippen LogP contribution is 2.43. The number of nitrogens with zero attached hydrogens (tertiary/aromatic N) is 1. The van der Waals surface area contributed by atoms with Crippen molar-refractivity contribution in [1.29, 1.82) is 0 Å². The van der Waals surface area contributed by atoms with Gasteiger partial charge in [0.05, 0.1) is 39.9 Å². The number of nitrogens with one attached hydrogen (secondary N) is 1. The molecule has 0 radical (unpaired) electrons. The van der Waals surface area contributed by atoms with Crippen LogP contribution < -0.4 is 5.32 Å². The van der Waals surface area contributed by atoms with E-state index in [9.17, 15) is 19.4 Å². The number of aliphatic hydroxyl groups excluding tert-OH is 1. The van der Waals surface area contributed by atoms with Crippen LogP contribution in [-0.4, -0.2) is 73.4 Å². The lowest BCUT2D eigenvalue weighted by molar-refractivity contribution is -0.870. The van der Waals surface area contributed by atoms with Gasteiger partial charge in [-0.05, 0) is 57.8 Å². The Bertz CT molecular complexity index is 964. The molecular formula is C44H86N2O6P+. The fraction of sp³-hybridized carbons (Fsp3) is 0.841. The first-order chi connectivity index (χ1) is 25.5. The summed E-state index contributed by atoms with van der Waals surface area (Å²) in [6, 6.07) is -0.862. The van der Waals surface area contributed by atoms with E-state index in [1.165, 1.54) is 128 Å². The highest BCUT2D eigenvalue weighted by atomic mass is 31.2. The molecule has 53 heavy (non-hydrogen) atoms. The lowest BCUT2D eigenvalue weighted by atomic mass is 10.1. The van der Waals surface area contributed by atoms with Crippen LogP contribution in [0.3, 0.4) is 0 Å². The number of carbonyl (C=O) groups is 1. The average molecular weight is 770 g/mol. The van der Waals surface area contributed by atoms with Gasteiger partial charge in [-0.25, -0.2) is 4.57 Å². The fourth-order valence-electron chi connectivity index (χ4n) is 6.05. The zero-order valence-corrected chi connectivity index (χ0v) is 36.1. The van der Waals surface area contributed by atoms with Crippen LogP contribution in [0, 0.1) is 0 Å². The quantitative estimate of drug-likeness (QED) is 0.0249. The second-order valence-electron chi connectivity index (χ2n) is 16.1. The second-order valence-corrected chi connectivity index (χ2v) is 17.5. The van der Waals surface area contributed by atoms with Crippen LogP contribution in [0.2, 0.25) is 0 Å². The maximum Gasteiger partial charge on any atom is 0.472 e. The van der Waals surface area contributed by atoms with Gasteiger partial charge in [-0.15, -0.1) is 0 Å². The van der Waals surface area contributed by atoms with Gasteiger partial charge in [0.25, 0.3) is 0 Å². The molecule has 9 heteroatoms. The van der Waals surface area contributed by atoms with Crippen molar-refractivity contribution < 1.29 is 32.9 Å². The molecule has 3 N–H and O–H groups in total. The zero-order chi connectivity index (χ0) is 39.3. The van der Waals surface area contributed by atoms with Gasteiger partial charge in [0.1, 0.15) is 13.2 Å². The molecule has 0 aromatic rings. The molecule has 0 fully saturated rings. The summed E-state index contributed by atoms with van der Waals surface area (Å²) >= 11 is 0. The summed E-state index contributed by atoms with van der Waals surface area (Å²) in [6.45, 7) is 4.77. The van der Waals surface area contributed by atoms with Crippen LogP contribution in [0.5, 0.6) is 0 Å². The van der Waals surface area contributed by atoms with Gasteiger partial charge in [0.15, 0.2) is 0 Å². The van der Waals surface area contributed by atoms with E-state index < -0.39 is 20.0 Å². The number of likely N-dealkylation sites (N-methyl/N-ethyl adjacent to an activating group) is 1. The van der Waals surface area contributed by atoms with Gasteiger partial charge in [0, 0.05) is 6.42 Å². The lowest BCUT2D eigenvalue weighted by Gasteiger charge is -2.25. The molecule has 1 amide bonds. The number of aliphatic hydroxyl groups is 1. The van der Waals surface area contributed by atoms with Crippen molar-refractivity contribution in [3.63, 3.8) is 0 Å². The van der Waals surface area contributed by atoms with E-state index in [0.29, 0.717) is 17.4 Å². The van der Waals surface area contributed by atoms with Gasteiger partial charge in [-0.2, -0.15) is 0 Å². The number of allylic oxidation sites excluding steroid dienone is 5. The Morgan fingerprint density at radius 3 is 1.51 bits per heavy atom. The highest BCUT2D eigenvalue weighted by molar-refractivity contribution is 7.47. The molecule has 0 aromatic carbocycles. The minimum absolute atomic E-state index is 0.0552. The monoisotopic (exact) mass is 770 g/mol. The molecule has 0 aliphatic rings. The van der Waals surface area contributed by atoms with Crippen LogP contribution in [0.15, 0.2) is 36.5 Å². The van der Waals surface area contributed by atoms with Crippen molar-refractivity contribution in [1.82, 2.24) is 5.32 Å². The standard InChI is InChI=1S/C44H85N2O6P/c1-6-8-10-12-14-16-18-20-22-23-24-26-28-30-32-34-36-38-44(48)45-42(41-52-53(49,50)51-40-39-46(3,4)5)43(47)37-35-33-31-29-27-25-21-19-17-15-13-11-9-7-2/h20,22,27,29,35,37,42-43,47H,6-19,21,23-26,28,30-34,36,38-41H2,1-5H3,(H-,45,48,49,50)/p+1/b22-20+,29-27+,37-35+/t42-,43+/m0/s1. The molecule has 0 saturated heterocycles. The van der Waals surface area contributed by atoms with Gasteiger partial charge in [0.2, 0.25) is 5.91 Å². The summed E-state index contributed by atoms with van der Waals surface area (Å²) in [5.41, 5.74) is 0. The number of quaternary nitrogens is 1. The third kappa shape index (κ3) is 38.8. The molecule has 3 atom stereocenters. The summed E-state index contributed by atoms with van der Waals surface area (Å²) in [6.07, 6.45) is 43.5. The Labute approximate surface area is 327 Å². The Morgan fingerprint density at radius 2 is 1.04 bits per heavy atom. The van der Waals surface area contributed by atoms with Crippen molar-refractivity contribution in [2.75, 3.05) is 40.9 Å². The van der Waals surface area contributed by atoms with E-state index in [2.05, 4.69) is 43.5 Å². The molecule has 0 aliphatic heterocycles. The summed E-state index contributed by atoms with van der Waals surface area (Å²) in [7, 11) is 1.55. The Hall–Kier alpha value is -1.28. The molecule has 0 aliphatic carbocycles. The van der Waals surface area contributed by atoms with Crippen molar-refractivity contribution >= 4 is 13.7 Å². The predicted molar refractivity (Wildman–Crippen MR) is 226 cm³/mol. The van der Waals surface area contributed by atoms with Crippen LogP contribution in [0.25, 0.3) is 0 Å². The average Bonchev–Trinajstić information content (AvgIpc) is 3.10. The molecule has 0 heterocycles. The van der Waals surface area contributed by atoms with Crippen LogP contribution in [0.4, 0.5) is 0 Å². The first-order valence-electron chi connectivity index (χ1n) is 21.9. The molecule has 0 bridgehead atoms. The normalized spacial score (nSPS) is 14.8. The zero-order valence-electron chi connectivity index (χ0n) is 35.3. The smallest absolute Gasteiger partial charge is 0.387 e. The second kappa shape index (κ2) is 36.4. The Morgan fingerprint density at radius 1 is 0.623 bits per heavy atom. The van der Waals surface area contributed by atoms with Crippen LogP contribution in [0.1, 0.15) is 187 Å². The van der Waals surface area contributed by atoms with Gasteiger partial charge in [-0.1, -0.05) is 159 Å². The van der Waals surface area contributed by atoms with Crippen molar-refractivity contribution in [2.24, 2.45) is 0 Å². The van der Waals surface area contributed by atoms with Gasteiger partial charge < -0.3 is 19.8 Å². The summed E-state index contributed by atoms with van der Waals surface area (Å²) in [5.74, 6) is -0.193. The van der Waals surface area contributed by atoms with Crippen molar-refractivity contribution in [3.8, 4) is 0 Å². The summed E-state index contributed by atoms with van der Waals surface area (Å²) in [4.78, 5) is 23.1. The Kier molecular flexibility index (Phi) is 35.5. The molecule has 0 saturated carbocycles. The molecule has 0 aromatic heterocycles. The van der Waals surface area contributed by atoms with Gasteiger partial charge >= 0.3 is 7.82 Å². The van der Waals surface area contributed by atoms with E-state index in [4.69, 9.17) is 9.05 Å². The third-order valence-corrected chi connectivity index (χ3v) is 10.6. The van der Waals surface area contributed by atoms with E-state index in [0.717, 1.165) is 38.5 Å². The predicted octanol–water partition coefficient (Wildman–Crippen LogP) is 11.9. The topological polar surface area (TPSA) is 105 Å². The maximum atomic E-state index is 12.8. The highest BCUT2D eigenvalue weighted by Gasteiger charge is 2.27. The van der Waals surface area contributed by atoms with E-state index in [1.807, 2.05) is 27.2 Å². The molecule has 312 valence electrons. The van der Waals surface area contributed by atoms with Gasteiger partial charge in [-0.3, -0.25) is 13.8 Å². The van der Waals surface area contributed by atoms with Crippen LogP contribution >= 0.6 is 7.82 Å². The number of unbranched alkanes of at least 4 members (excludes halogenated alkanes) is 22. The molecular weight excluding hydrogens is 683 g/mol. The third-order valence-electron chi connectivity index (χ3n) is 9.58. The van der Waals surface area contributed by atoms with Crippen molar-refractivity contribution in [2.45, 2.75) is 199 Å². The summed E-state index contributed by atoms with van der Waals surface area (Å²) < 4.78 is 23.5. The number of phosphoric ester groups is 1. The van der Waals surface area contributed by atoms with Crippen molar-refractivity contribution in [3.05, 3.63) is 36.5 Å².